The van der Waals surface area contributed by atoms with Crippen LogP contribution >= 0.6 is 0 Å². The molecule has 0 fully saturated rings. The summed E-state index contributed by atoms with van der Waals surface area (Å²) in [6, 6.07) is 1.48. The Morgan fingerprint density at radius 3 is 2.66 bits per heavy atom. The molecule has 0 amide bonds. The van der Waals surface area contributed by atoms with E-state index in [0.29, 0.717) is 11.8 Å². The predicted octanol–water partition coefficient (Wildman–Crippen LogP) is 3.95. The van der Waals surface area contributed by atoms with Crippen molar-refractivity contribution < 1.29 is 23.4 Å². The highest BCUT2D eigenvalue weighted by molar-refractivity contribution is 5.84. The maximum absolute atomic E-state index is 13.8. The molecule has 7 nitrogen and oxygen atoms in total. The van der Waals surface area contributed by atoms with E-state index in [-0.39, 0.29) is 18.8 Å². The molecular weight excluding hydrogens is 397 g/mol. The van der Waals surface area contributed by atoms with Crippen molar-refractivity contribution in [2.75, 3.05) is 10.6 Å². The summed E-state index contributed by atoms with van der Waals surface area (Å²) in [6.07, 6.45) is 2.24. The van der Waals surface area contributed by atoms with Gasteiger partial charge in [0.2, 0.25) is 5.95 Å². The molecule has 0 saturated heterocycles. The molecule has 2 heterocycles. The van der Waals surface area contributed by atoms with Gasteiger partial charge in [0.15, 0.2) is 11.6 Å². The van der Waals surface area contributed by atoms with Crippen LogP contribution < -0.4 is 10.6 Å². The Hall–Kier alpha value is -3.57. The number of nitrogens with one attached hydrogen (secondary N) is 3. The first-order valence-corrected chi connectivity index (χ1v) is 8.18. The summed E-state index contributed by atoms with van der Waals surface area (Å²) in [6.45, 7) is -1.01. The maximum atomic E-state index is 13.8. The molecule has 3 N–H and O–H groups in total. The summed E-state index contributed by atoms with van der Waals surface area (Å²) in [5.74, 6) is -3.38. The predicted molar refractivity (Wildman–Crippen MR) is 97.2 cm³/mol. The fourth-order valence-corrected chi connectivity index (χ4v) is 2.40. The zero-order chi connectivity index (χ0) is 21.0. The Morgan fingerprint density at radius 2 is 1.93 bits per heavy atom. The molecule has 2 aromatic heterocycles. The molecule has 0 aliphatic heterocycles. The largest absolute Gasteiger partial charge is 0.365 e. The number of anilines is 3. The van der Waals surface area contributed by atoms with Crippen molar-refractivity contribution in [2.24, 2.45) is 0 Å². The number of aromatic nitrogens is 4. The summed E-state index contributed by atoms with van der Waals surface area (Å²) < 4.78 is 66.7. The van der Waals surface area contributed by atoms with E-state index < -0.39 is 42.5 Å². The van der Waals surface area contributed by atoms with E-state index >= 15 is 0 Å². The lowest BCUT2D eigenvalue weighted by Crippen LogP contribution is -2.10. The molecule has 3 aromatic rings. The van der Waals surface area contributed by atoms with Crippen LogP contribution in [-0.2, 0) is 13.1 Å². The van der Waals surface area contributed by atoms with Crippen LogP contribution in [0.15, 0.2) is 30.7 Å². The van der Waals surface area contributed by atoms with Gasteiger partial charge in [0, 0.05) is 32.1 Å². The van der Waals surface area contributed by atoms with Gasteiger partial charge in [-0.05, 0) is 12.1 Å². The lowest BCUT2D eigenvalue weighted by Gasteiger charge is -2.11. The topological polar surface area (TPSA) is 91.5 Å². The Labute approximate surface area is 162 Å². The Kier molecular flexibility index (Phi) is 6.00. The third-order valence-corrected chi connectivity index (χ3v) is 3.76. The second-order valence-corrected chi connectivity index (χ2v) is 5.78. The quantitative estimate of drug-likeness (QED) is 0.296. The highest BCUT2D eigenvalue weighted by Gasteiger charge is 2.15. The number of halogens is 5. The number of nitrogens with zero attached hydrogens (tertiary/aromatic N) is 4. The van der Waals surface area contributed by atoms with Crippen molar-refractivity contribution in [2.45, 2.75) is 19.5 Å². The standard InChI is InChI=1S/C17H14F5N7.H2/c18-12-1-2-13(19)15(22)11(12)6-24-16-9(3-23)4-25-17(28-16)27-10-5-26-29(7-10)8-14(20)21;/h1-5,7,14,23H,6,8H2,(H2,24,25,27,28);1H. The molecular formula is C17H16F5N7. The van der Waals surface area contributed by atoms with Gasteiger partial charge in [-0.25, -0.2) is 26.9 Å². The van der Waals surface area contributed by atoms with Gasteiger partial charge < -0.3 is 16.0 Å². The molecule has 0 bridgehead atoms. The van der Waals surface area contributed by atoms with E-state index in [2.05, 4.69) is 25.7 Å². The van der Waals surface area contributed by atoms with Gasteiger partial charge in [-0.2, -0.15) is 10.1 Å². The number of hydrogen-bond acceptors (Lipinski definition) is 6. The van der Waals surface area contributed by atoms with E-state index in [0.717, 1.165) is 17.0 Å². The third-order valence-electron chi connectivity index (χ3n) is 3.76. The monoisotopic (exact) mass is 413 g/mol. The van der Waals surface area contributed by atoms with Crippen molar-refractivity contribution in [1.29, 1.82) is 5.41 Å². The van der Waals surface area contributed by atoms with Gasteiger partial charge in [0.1, 0.15) is 18.2 Å². The Bertz CT molecular complexity index is 1030. The van der Waals surface area contributed by atoms with Crippen LogP contribution in [0.5, 0.6) is 0 Å². The Morgan fingerprint density at radius 1 is 1.17 bits per heavy atom. The molecule has 0 spiro atoms. The molecule has 3 rings (SSSR count). The molecule has 0 aliphatic rings. The summed E-state index contributed by atoms with van der Waals surface area (Å²) in [5.41, 5.74) is 0.0184. The summed E-state index contributed by atoms with van der Waals surface area (Å²) in [4.78, 5) is 8.07. The fraction of sp³-hybridized carbons (Fsp3) is 0.176. The zero-order valence-corrected chi connectivity index (χ0v) is 14.6. The van der Waals surface area contributed by atoms with Gasteiger partial charge in [-0.1, -0.05) is 0 Å². The average molecular weight is 413 g/mol. The van der Waals surface area contributed by atoms with E-state index in [1.165, 1.54) is 18.6 Å². The molecule has 12 heteroatoms. The summed E-state index contributed by atoms with van der Waals surface area (Å²) in [5, 5.41) is 16.5. The SMILES string of the molecule is N=Cc1cnc(Nc2cnn(CC(F)F)c2)nc1NCc1c(F)ccc(F)c1F.[HH]. The number of alkyl halides is 2. The first-order valence-electron chi connectivity index (χ1n) is 8.18. The van der Waals surface area contributed by atoms with Gasteiger partial charge in [0.25, 0.3) is 6.43 Å². The van der Waals surface area contributed by atoms with Crippen LogP contribution in [0.4, 0.5) is 39.4 Å². The lowest BCUT2D eigenvalue weighted by atomic mass is 10.2. The van der Waals surface area contributed by atoms with E-state index in [9.17, 15) is 22.0 Å². The van der Waals surface area contributed by atoms with Crippen LogP contribution in [0.3, 0.4) is 0 Å². The summed E-state index contributed by atoms with van der Waals surface area (Å²) >= 11 is 0. The number of benzene rings is 1. The number of rotatable bonds is 8. The lowest BCUT2D eigenvalue weighted by molar-refractivity contribution is 0.122. The van der Waals surface area contributed by atoms with Crippen LogP contribution in [0.25, 0.3) is 0 Å². The average Bonchev–Trinajstić information content (AvgIpc) is 3.11. The second-order valence-electron chi connectivity index (χ2n) is 5.78. The van der Waals surface area contributed by atoms with Gasteiger partial charge >= 0.3 is 0 Å². The first-order chi connectivity index (χ1) is 13.9. The third kappa shape index (κ3) is 4.83. The second kappa shape index (κ2) is 8.63. The van der Waals surface area contributed by atoms with Crippen molar-refractivity contribution in [1.82, 2.24) is 19.7 Å². The van der Waals surface area contributed by atoms with Crippen molar-refractivity contribution in [3.63, 3.8) is 0 Å². The summed E-state index contributed by atoms with van der Waals surface area (Å²) in [7, 11) is 0. The Balaban J connectivity index is 0.00000320. The van der Waals surface area contributed by atoms with Gasteiger partial charge in [-0.3, -0.25) is 4.68 Å². The molecule has 1 aromatic carbocycles. The van der Waals surface area contributed by atoms with Crippen molar-refractivity contribution in [3.8, 4) is 0 Å². The van der Waals surface area contributed by atoms with Gasteiger partial charge in [-0.15, -0.1) is 0 Å². The van der Waals surface area contributed by atoms with E-state index in [1.807, 2.05) is 0 Å². The van der Waals surface area contributed by atoms with Crippen LogP contribution in [0.2, 0.25) is 0 Å². The highest BCUT2D eigenvalue weighted by Crippen LogP contribution is 2.20. The highest BCUT2D eigenvalue weighted by atomic mass is 19.3. The maximum Gasteiger partial charge on any atom is 0.257 e. The molecule has 29 heavy (non-hydrogen) atoms. The fourth-order valence-electron chi connectivity index (χ4n) is 2.40. The molecule has 0 aliphatic carbocycles. The first kappa shape index (κ1) is 20.2. The number of hydrogen-bond donors (Lipinski definition) is 3. The minimum absolute atomic E-state index is 0. The smallest absolute Gasteiger partial charge is 0.257 e. The molecule has 154 valence electrons. The van der Waals surface area contributed by atoms with Crippen LogP contribution in [-0.4, -0.2) is 32.4 Å². The van der Waals surface area contributed by atoms with Crippen molar-refractivity contribution in [3.05, 3.63) is 59.3 Å². The molecule has 0 saturated carbocycles. The minimum Gasteiger partial charge on any atom is -0.365 e. The van der Waals surface area contributed by atoms with Crippen LogP contribution in [0, 0.1) is 22.9 Å². The minimum atomic E-state index is -2.56. The molecule has 0 unspecified atom stereocenters. The molecule has 0 atom stereocenters. The normalized spacial score (nSPS) is 11.0. The van der Waals surface area contributed by atoms with Crippen molar-refractivity contribution >= 4 is 23.7 Å². The zero-order valence-electron chi connectivity index (χ0n) is 14.6. The molecule has 0 radical (unpaired) electrons. The van der Waals surface area contributed by atoms with Gasteiger partial charge in [0.05, 0.1) is 17.4 Å². The van der Waals surface area contributed by atoms with Crippen LogP contribution in [0.1, 0.15) is 12.6 Å². The van der Waals surface area contributed by atoms with E-state index in [4.69, 9.17) is 5.41 Å². The van der Waals surface area contributed by atoms with E-state index in [1.54, 1.807) is 0 Å².